The predicted octanol–water partition coefficient (Wildman–Crippen LogP) is 2.58. The van der Waals surface area contributed by atoms with E-state index in [1.807, 2.05) is 0 Å². The average Bonchev–Trinajstić information content (AvgIpc) is 2.64. The zero-order valence-corrected chi connectivity index (χ0v) is 14.7. The highest BCUT2D eigenvalue weighted by Gasteiger charge is 2.16. The molecule has 0 saturated heterocycles. The van der Waals surface area contributed by atoms with E-state index in [0.29, 0.717) is 34.3 Å². The Bertz CT molecular complexity index is 736. The first-order chi connectivity index (χ1) is 12.0. The normalized spacial score (nSPS) is 10.1. The lowest BCUT2D eigenvalue weighted by atomic mass is 10.1. The van der Waals surface area contributed by atoms with Crippen LogP contribution in [0.2, 0.25) is 0 Å². The Labute approximate surface area is 146 Å². The molecule has 2 rings (SSSR count). The standard InChI is InChI=1S/C18H22N2O5/c1-21-13-7-5-6-12(18(19)20)16(13)25-10-11-8-14(22-2)17(24-4)15(9-11)23-3/h5-9H,10H2,1-4H3,(H3,19,20). The lowest BCUT2D eigenvalue weighted by molar-refractivity contribution is 0.280. The number of methoxy groups -OCH3 is 4. The molecular weight excluding hydrogens is 324 g/mol. The zero-order chi connectivity index (χ0) is 18.4. The second-order valence-corrected chi connectivity index (χ2v) is 5.07. The fourth-order valence-electron chi connectivity index (χ4n) is 2.41. The lowest BCUT2D eigenvalue weighted by Crippen LogP contribution is -2.13. The first-order valence-corrected chi connectivity index (χ1v) is 7.48. The largest absolute Gasteiger partial charge is 0.493 e. The number of rotatable bonds is 8. The minimum atomic E-state index is -0.0983. The maximum Gasteiger partial charge on any atom is 0.203 e. The molecule has 0 amide bonds. The molecule has 0 heterocycles. The Morgan fingerprint density at radius 1 is 0.880 bits per heavy atom. The van der Waals surface area contributed by atoms with Crippen molar-refractivity contribution in [2.45, 2.75) is 6.61 Å². The maximum atomic E-state index is 7.70. The summed E-state index contributed by atoms with van der Waals surface area (Å²) < 4.78 is 27.2. The van der Waals surface area contributed by atoms with E-state index in [1.165, 1.54) is 7.11 Å². The van der Waals surface area contributed by atoms with Gasteiger partial charge in [-0.15, -0.1) is 0 Å². The Balaban J connectivity index is 2.35. The Kier molecular flexibility index (Phi) is 5.94. The highest BCUT2D eigenvalue weighted by Crippen LogP contribution is 2.39. The van der Waals surface area contributed by atoms with Crippen LogP contribution in [0.15, 0.2) is 30.3 Å². The van der Waals surface area contributed by atoms with Gasteiger partial charge in [0.15, 0.2) is 23.0 Å². The van der Waals surface area contributed by atoms with Crippen LogP contribution in [0.1, 0.15) is 11.1 Å². The van der Waals surface area contributed by atoms with Crippen LogP contribution < -0.4 is 29.4 Å². The summed E-state index contributed by atoms with van der Waals surface area (Å²) in [4.78, 5) is 0. The van der Waals surface area contributed by atoms with E-state index < -0.39 is 0 Å². The molecule has 0 spiro atoms. The second-order valence-electron chi connectivity index (χ2n) is 5.07. The van der Waals surface area contributed by atoms with Crippen LogP contribution in [0.25, 0.3) is 0 Å². The minimum Gasteiger partial charge on any atom is -0.493 e. The second kappa shape index (κ2) is 8.14. The number of para-hydroxylation sites is 1. The molecule has 0 atom stereocenters. The molecule has 0 radical (unpaired) electrons. The molecule has 7 heteroatoms. The third-order valence-corrected chi connectivity index (χ3v) is 3.60. The summed E-state index contributed by atoms with van der Waals surface area (Å²) in [5, 5.41) is 7.70. The summed E-state index contributed by atoms with van der Waals surface area (Å²) in [6.45, 7) is 0.206. The average molecular weight is 346 g/mol. The van der Waals surface area contributed by atoms with Crippen molar-refractivity contribution in [1.29, 1.82) is 5.41 Å². The Morgan fingerprint density at radius 3 is 1.96 bits per heavy atom. The molecule has 2 aromatic rings. The summed E-state index contributed by atoms with van der Waals surface area (Å²) in [6, 6.07) is 8.79. The molecule has 0 fully saturated rings. The summed E-state index contributed by atoms with van der Waals surface area (Å²) in [5.74, 6) is 2.39. The van der Waals surface area contributed by atoms with Gasteiger partial charge in [-0.05, 0) is 29.8 Å². The number of benzene rings is 2. The quantitative estimate of drug-likeness (QED) is 0.563. The molecule has 3 N–H and O–H groups in total. The van der Waals surface area contributed by atoms with Gasteiger partial charge in [-0.1, -0.05) is 6.07 Å². The fraction of sp³-hybridized carbons (Fsp3) is 0.278. The Morgan fingerprint density at radius 2 is 1.48 bits per heavy atom. The van der Waals surface area contributed by atoms with Crippen LogP contribution in [-0.2, 0) is 6.61 Å². The topological polar surface area (TPSA) is 96.0 Å². The van der Waals surface area contributed by atoms with Gasteiger partial charge in [0.1, 0.15) is 12.4 Å². The summed E-state index contributed by atoms with van der Waals surface area (Å²) in [5.41, 5.74) is 6.89. The van der Waals surface area contributed by atoms with Crippen molar-refractivity contribution in [1.82, 2.24) is 0 Å². The van der Waals surface area contributed by atoms with Crippen molar-refractivity contribution in [3.63, 3.8) is 0 Å². The SMILES string of the molecule is COc1cc(COc2c(OC)cccc2C(=N)N)cc(OC)c1OC. The van der Waals surface area contributed by atoms with Crippen LogP contribution in [0.4, 0.5) is 0 Å². The number of nitrogen functional groups attached to an aromatic ring is 1. The number of nitrogens with one attached hydrogen (secondary N) is 1. The fourth-order valence-corrected chi connectivity index (χ4v) is 2.41. The van der Waals surface area contributed by atoms with E-state index in [1.54, 1.807) is 51.7 Å². The summed E-state index contributed by atoms with van der Waals surface area (Å²) >= 11 is 0. The van der Waals surface area contributed by atoms with Gasteiger partial charge in [0.25, 0.3) is 0 Å². The molecule has 0 bridgehead atoms. The number of hydrogen-bond acceptors (Lipinski definition) is 6. The van der Waals surface area contributed by atoms with Gasteiger partial charge in [0, 0.05) is 0 Å². The van der Waals surface area contributed by atoms with Crippen molar-refractivity contribution in [3.8, 4) is 28.7 Å². The van der Waals surface area contributed by atoms with E-state index in [9.17, 15) is 0 Å². The van der Waals surface area contributed by atoms with Crippen LogP contribution >= 0.6 is 0 Å². The first-order valence-electron chi connectivity index (χ1n) is 7.48. The van der Waals surface area contributed by atoms with Crippen LogP contribution in [0.3, 0.4) is 0 Å². The van der Waals surface area contributed by atoms with Gasteiger partial charge in [-0.3, -0.25) is 5.41 Å². The number of nitrogens with two attached hydrogens (primary N) is 1. The van der Waals surface area contributed by atoms with Crippen LogP contribution in [0.5, 0.6) is 28.7 Å². The smallest absolute Gasteiger partial charge is 0.203 e. The van der Waals surface area contributed by atoms with Gasteiger partial charge in [-0.25, -0.2) is 0 Å². The highest BCUT2D eigenvalue weighted by molar-refractivity contribution is 5.98. The van der Waals surface area contributed by atoms with Crippen LogP contribution in [0, 0.1) is 5.41 Å². The molecular formula is C18H22N2O5. The summed E-state index contributed by atoms with van der Waals surface area (Å²) in [7, 11) is 6.18. The van der Waals surface area contributed by atoms with Crippen molar-refractivity contribution >= 4 is 5.84 Å². The molecule has 25 heavy (non-hydrogen) atoms. The zero-order valence-electron chi connectivity index (χ0n) is 14.7. The molecule has 134 valence electrons. The number of amidine groups is 1. The Hall–Kier alpha value is -3.09. The van der Waals surface area contributed by atoms with Crippen molar-refractivity contribution in [2.24, 2.45) is 5.73 Å². The van der Waals surface area contributed by atoms with E-state index >= 15 is 0 Å². The molecule has 0 aliphatic carbocycles. The molecule has 2 aromatic carbocycles. The monoisotopic (exact) mass is 346 g/mol. The maximum absolute atomic E-state index is 7.70. The third kappa shape index (κ3) is 3.88. The van der Waals surface area contributed by atoms with Crippen LogP contribution in [-0.4, -0.2) is 34.3 Å². The molecule has 0 aromatic heterocycles. The van der Waals surface area contributed by atoms with Gasteiger partial charge < -0.3 is 29.4 Å². The predicted molar refractivity (Wildman–Crippen MR) is 94.4 cm³/mol. The van der Waals surface area contributed by atoms with Gasteiger partial charge in [0.05, 0.1) is 34.0 Å². The number of ether oxygens (including phenoxy) is 5. The minimum absolute atomic E-state index is 0.0983. The molecule has 0 aliphatic rings. The highest BCUT2D eigenvalue weighted by atomic mass is 16.5. The molecule has 7 nitrogen and oxygen atoms in total. The summed E-state index contributed by atoms with van der Waals surface area (Å²) in [6.07, 6.45) is 0. The van der Waals surface area contributed by atoms with E-state index in [2.05, 4.69) is 0 Å². The van der Waals surface area contributed by atoms with E-state index in [0.717, 1.165) is 5.56 Å². The van der Waals surface area contributed by atoms with Gasteiger partial charge >= 0.3 is 0 Å². The van der Waals surface area contributed by atoms with Gasteiger partial charge in [0.2, 0.25) is 5.75 Å². The number of hydrogen-bond donors (Lipinski definition) is 2. The third-order valence-electron chi connectivity index (χ3n) is 3.60. The lowest BCUT2D eigenvalue weighted by Gasteiger charge is -2.16. The van der Waals surface area contributed by atoms with Crippen molar-refractivity contribution in [2.75, 3.05) is 28.4 Å². The van der Waals surface area contributed by atoms with Crippen molar-refractivity contribution in [3.05, 3.63) is 41.5 Å². The van der Waals surface area contributed by atoms with E-state index in [4.69, 9.17) is 34.8 Å². The molecule has 0 unspecified atom stereocenters. The first kappa shape index (κ1) is 18.3. The van der Waals surface area contributed by atoms with Gasteiger partial charge in [-0.2, -0.15) is 0 Å². The van der Waals surface area contributed by atoms with E-state index in [-0.39, 0.29) is 12.4 Å². The van der Waals surface area contributed by atoms with Crippen molar-refractivity contribution < 1.29 is 23.7 Å². The molecule has 0 aliphatic heterocycles. The molecule has 0 saturated carbocycles.